The zero-order chi connectivity index (χ0) is 20.8. The molecule has 4 aromatic rings. The lowest BCUT2D eigenvalue weighted by atomic mass is 9.96. The van der Waals surface area contributed by atoms with Gasteiger partial charge in [-0.05, 0) is 41.6 Å². The van der Waals surface area contributed by atoms with Crippen molar-refractivity contribution < 1.29 is 9.13 Å². The Bertz CT molecular complexity index is 1310. The molecule has 1 fully saturated rings. The topological polar surface area (TPSA) is 71.4 Å². The summed E-state index contributed by atoms with van der Waals surface area (Å²) in [6, 6.07) is 11.1. The third kappa shape index (κ3) is 3.73. The van der Waals surface area contributed by atoms with Gasteiger partial charge in [-0.3, -0.25) is 9.69 Å². The highest BCUT2D eigenvalue weighted by Crippen LogP contribution is 2.40. The van der Waals surface area contributed by atoms with Crippen LogP contribution in [0.1, 0.15) is 19.4 Å². The first-order chi connectivity index (χ1) is 14.5. The summed E-state index contributed by atoms with van der Waals surface area (Å²) in [4.78, 5) is 17.5. The highest BCUT2D eigenvalue weighted by molar-refractivity contribution is 7.17. The molecular formula is C24H26FN3O2S. The van der Waals surface area contributed by atoms with Crippen LogP contribution in [0.2, 0.25) is 0 Å². The number of nitrogens with zero attached hydrogens (tertiary/aromatic N) is 1. The Morgan fingerprint density at radius 2 is 2.13 bits per heavy atom. The molecule has 5 nitrogen and oxygen atoms in total. The monoisotopic (exact) mass is 439 g/mol. The summed E-state index contributed by atoms with van der Waals surface area (Å²) in [6.07, 6.45) is 0.946. The van der Waals surface area contributed by atoms with E-state index in [4.69, 9.17) is 10.5 Å². The molecule has 1 atom stereocenters. The number of thiophene rings is 1. The van der Waals surface area contributed by atoms with Gasteiger partial charge in [0.15, 0.2) is 0 Å². The van der Waals surface area contributed by atoms with Gasteiger partial charge >= 0.3 is 0 Å². The molecule has 1 aliphatic rings. The first-order valence-corrected chi connectivity index (χ1v) is 10.8. The summed E-state index contributed by atoms with van der Waals surface area (Å²) >= 11 is 1.40. The lowest BCUT2D eigenvalue weighted by Gasteiger charge is -2.17. The Balaban J connectivity index is 0.00000231. The Morgan fingerprint density at radius 3 is 2.84 bits per heavy atom. The molecule has 3 N–H and O–H groups in total. The van der Waals surface area contributed by atoms with Crippen LogP contribution in [0.15, 0.2) is 46.6 Å². The maximum absolute atomic E-state index is 15.1. The van der Waals surface area contributed by atoms with E-state index in [9.17, 15) is 4.79 Å². The van der Waals surface area contributed by atoms with Crippen LogP contribution in [0, 0.1) is 5.82 Å². The van der Waals surface area contributed by atoms with E-state index in [2.05, 4.69) is 9.88 Å². The lowest BCUT2D eigenvalue weighted by Crippen LogP contribution is -2.26. The number of aromatic nitrogens is 1. The molecule has 0 aliphatic carbocycles. The van der Waals surface area contributed by atoms with Gasteiger partial charge in [0, 0.05) is 53.1 Å². The molecule has 31 heavy (non-hydrogen) atoms. The first kappa shape index (κ1) is 21.5. The number of rotatable bonds is 4. The van der Waals surface area contributed by atoms with Gasteiger partial charge in [-0.15, -0.1) is 11.3 Å². The number of aromatic amines is 1. The summed E-state index contributed by atoms with van der Waals surface area (Å²) in [6.45, 7) is 2.24. The average Bonchev–Trinajstić information content (AvgIpc) is 3.38. The number of H-pyrrole nitrogens is 1. The van der Waals surface area contributed by atoms with Gasteiger partial charge in [0.2, 0.25) is 0 Å². The third-order valence-electron chi connectivity index (χ3n) is 5.82. The van der Waals surface area contributed by atoms with Crippen LogP contribution in [0.3, 0.4) is 0 Å². The van der Waals surface area contributed by atoms with Crippen molar-refractivity contribution in [2.75, 3.05) is 20.2 Å². The minimum Gasteiger partial charge on any atom is -0.496 e. The second kappa shape index (κ2) is 8.42. The Morgan fingerprint density at radius 1 is 1.29 bits per heavy atom. The molecule has 2 aromatic carbocycles. The van der Waals surface area contributed by atoms with Gasteiger partial charge in [0.1, 0.15) is 16.3 Å². The zero-order valence-corrected chi connectivity index (χ0v) is 17.4. The van der Waals surface area contributed by atoms with Crippen LogP contribution in [0.4, 0.5) is 4.39 Å². The molecule has 5 rings (SSSR count). The fourth-order valence-electron chi connectivity index (χ4n) is 4.36. The summed E-state index contributed by atoms with van der Waals surface area (Å²) in [7, 11) is 1.60. The summed E-state index contributed by atoms with van der Waals surface area (Å²) < 4.78 is 21.4. The maximum Gasteiger partial charge on any atom is 0.266 e. The molecule has 1 unspecified atom stereocenters. The maximum atomic E-state index is 15.1. The van der Waals surface area contributed by atoms with E-state index in [1.165, 1.54) is 11.3 Å². The van der Waals surface area contributed by atoms with Crippen LogP contribution in [-0.2, 0) is 6.54 Å². The van der Waals surface area contributed by atoms with Crippen LogP contribution < -0.4 is 16.0 Å². The largest absolute Gasteiger partial charge is 0.496 e. The Hall–Kier alpha value is -2.74. The van der Waals surface area contributed by atoms with Crippen molar-refractivity contribution in [1.82, 2.24) is 9.88 Å². The number of hydrogen-bond donors (Lipinski definition) is 2. The van der Waals surface area contributed by atoms with Crippen LogP contribution >= 0.6 is 11.3 Å². The highest BCUT2D eigenvalue weighted by Gasteiger charge is 2.21. The van der Waals surface area contributed by atoms with E-state index in [-0.39, 0.29) is 24.8 Å². The number of methoxy groups -OCH3 is 1. The van der Waals surface area contributed by atoms with Gasteiger partial charge in [0.25, 0.3) is 5.56 Å². The Labute approximate surface area is 184 Å². The van der Waals surface area contributed by atoms with E-state index in [0.29, 0.717) is 28.1 Å². The highest BCUT2D eigenvalue weighted by atomic mass is 32.1. The van der Waals surface area contributed by atoms with Crippen LogP contribution in [0.25, 0.3) is 32.1 Å². The van der Waals surface area contributed by atoms with E-state index in [1.807, 2.05) is 35.7 Å². The van der Waals surface area contributed by atoms with E-state index in [0.717, 1.165) is 41.4 Å². The smallest absolute Gasteiger partial charge is 0.266 e. The van der Waals surface area contributed by atoms with Crippen molar-refractivity contribution >= 4 is 32.3 Å². The molecular weight excluding hydrogens is 413 g/mol. The molecule has 0 radical (unpaired) electrons. The summed E-state index contributed by atoms with van der Waals surface area (Å²) in [5, 5.41) is 3.61. The summed E-state index contributed by atoms with van der Waals surface area (Å²) in [5.74, 6) is 0.387. The number of ether oxygens (including phenoxy) is 1. The number of nitrogens with one attached hydrogen (secondary N) is 1. The number of hydrogen-bond acceptors (Lipinski definition) is 5. The second-order valence-corrected chi connectivity index (χ2v) is 8.69. The molecule has 3 heterocycles. The number of likely N-dealkylation sites (tertiary alicyclic amines) is 1. The number of fused-ring (bicyclic) bond motifs is 3. The van der Waals surface area contributed by atoms with Crippen molar-refractivity contribution in [3.8, 4) is 16.9 Å². The molecule has 7 heteroatoms. The van der Waals surface area contributed by atoms with Crippen molar-refractivity contribution in [2.45, 2.75) is 26.4 Å². The number of halogens is 1. The van der Waals surface area contributed by atoms with Gasteiger partial charge in [-0.1, -0.05) is 19.6 Å². The second-order valence-electron chi connectivity index (χ2n) is 7.77. The number of pyridine rings is 1. The number of benzene rings is 2. The molecule has 1 aliphatic heterocycles. The van der Waals surface area contributed by atoms with Gasteiger partial charge < -0.3 is 15.5 Å². The fraction of sp³-hybridized carbons (Fsp3) is 0.292. The fourth-order valence-corrected chi connectivity index (χ4v) is 5.16. The van der Waals surface area contributed by atoms with Gasteiger partial charge in [0.05, 0.1) is 7.11 Å². The van der Waals surface area contributed by atoms with E-state index >= 15 is 4.39 Å². The molecule has 2 aromatic heterocycles. The van der Waals surface area contributed by atoms with Crippen LogP contribution in [0.5, 0.6) is 5.75 Å². The Kier molecular flexibility index (Phi) is 5.83. The molecule has 0 spiro atoms. The molecule has 1 saturated heterocycles. The predicted octanol–water partition coefficient (Wildman–Crippen LogP) is 4.73. The predicted molar refractivity (Wildman–Crippen MR) is 126 cm³/mol. The molecule has 162 valence electrons. The minimum atomic E-state index is -0.252. The zero-order valence-electron chi connectivity index (χ0n) is 16.6. The van der Waals surface area contributed by atoms with Crippen molar-refractivity contribution in [3.05, 3.63) is 63.5 Å². The molecule has 0 saturated carbocycles. The first-order valence-electron chi connectivity index (χ1n) is 9.92. The van der Waals surface area contributed by atoms with Crippen molar-refractivity contribution in [1.29, 1.82) is 0 Å². The summed E-state index contributed by atoms with van der Waals surface area (Å²) in [5.41, 5.74) is 8.72. The third-order valence-corrected chi connectivity index (χ3v) is 6.73. The lowest BCUT2D eigenvalue weighted by molar-refractivity contribution is 0.321. The van der Waals surface area contributed by atoms with Gasteiger partial charge in [-0.25, -0.2) is 4.39 Å². The normalized spacial score (nSPS) is 16.7. The SMILES string of the molecule is C.COc1ccc2[nH]c(=O)c3sccc3c2c1-c1ccc(CN2CCC(N)C2)c(F)c1. The standard InChI is InChI=1S/C23H22FN3O2S.CH4/c1-29-19-5-4-18-21(16-7-9-30-22(16)23(28)26-18)20(19)13-2-3-14(17(24)10-13)11-27-8-6-15(25)12-27;/h2-5,7,9-10,15H,6,8,11-12,25H2,1H3,(H,26,28);1H4. The van der Waals surface area contributed by atoms with Crippen molar-refractivity contribution in [3.63, 3.8) is 0 Å². The molecule has 0 amide bonds. The number of nitrogens with two attached hydrogens (primary N) is 1. The molecule has 0 bridgehead atoms. The van der Waals surface area contributed by atoms with E-state index in [1.54, 1.807) is 13.2 Å². The van der Waals surface area contributed by atoms with Gasteiger partial charge in [-0.2, -0.15) is 0 Å². The van der Waals surface area contributed by atoms with Crippen LogP contribution in [-0.4, -0.2) is 36.1 Å². The quantitative estimate of drug-likeness (QED) is 0.482. The average molecular weight is 440 g/mol. The van der Waals surface area contributed by atoms with E-state index < -0.39 is 0 Å². The minimum absolute atomic E-state index is 0. The van der Waals surface area contributed by atoms with Crippen molar-refractivity contribution in [2.24, 2.45) is 5.73 Å².